The lowest BCUT2D eigenvalue weighted by molar-refractivity contribution is 0.0773. The lowest BCUT2D eigenvalue weighted by Crippen LogP contribution is -2.50. The van der Waals surface area contributed by atoms with Crippen molar-refractivity contribution in [2.24, 2.45) is 17.3 Å². The normalized spacial score (nSPS) is 31.1. The molecule has 0 saturated heterocycles. The van der Waals surface area contributed by atoms with Crippen molar-refractivity contribution in [3.63, 3.8) is 0 Å². The highest BCUT2D eigenvalue weighted by Gasteiger charge is 2.38. The second kappa shape index (κ2) is 7.08. The third-order valence-corrected chi connectivity index (χ3v) is 4.47. The van der Waals surface area contributed by atoms with Crippen molar-refractivity contribution >= 4 is 0 Å². The Morgan fingerprint density at radius 1 is 1.05 bits per heavy atom. The molecule has 0 amide bonds. The minimum absolute atomic E-state index is 0.494. The van der Waals surface area contributed by atoms with Crippen LogP contribution >= 0.6 is 0 Å². The van der Waals surface area contributed by atoms with Crippen LogP contribution in [0.15, 0.2) is 0 Å². The highest BCUT2D eigenvalue weighted by molar-refractivity contribution is 4.93. The van der Waals surface area contributed by atoms with Crippen LogP contribution < -0.4 is 10.6 Å². The quantitative estimate of drug-likeness (QED) is 0.765. The minimum atomic E-state index is 0.494. The molecular weight excluding hydrogens is 232 g/mol. The smallest absolute Gasteiger partial charge is 0.0106 e. The highest BCUT2D eigenvalue weighted by atomic mass is 15.0. The molecule has 2 nitrogen and oxygen atoms in total. The maximum atomic E-state index is 3.83. The molecule has 114 valence electrons. The molecule has 1 saturated carbocycles. The summed E-state index contributed by atoms with van der Waals surface area (Å²) in [5.41, 5.74) is 0.494. The molecule has 0 radical (unpaired) electrons. The number of rotatable bonds is 6. The average Bonchev–Trinajstić information content (AvgIpc) is 2.19. The Labute approximate surface area is 121 Å². The van der Waals surface area contributed by atoms with Crippen molar-refractivity contribution in [1.29, 1.82) is 0 Å². The highest BCUT2D eigenvalue weighted by Crippen LogP contribution is 2.43. The van der Waals surface area contributed by atoms with E-state index in [1.807, 2.05) is 0 Å². The Bertz CT molecular complexity index is 258. The lowest BCUT2D eigenvalue weighted by atomic mass is 9.64. The molecule has 1 rings (SSSR count). The summed E-state index contributed by atoms with van der Waals surface area (Å²) in [6, 6.07) is 1.88. The van der Waals surface area contributed by atoms with Crippen LogP contribution in [0.3, 0.4) is 0 Å². The van der Waals surface area contributed by atoms with Crippen LogP contribution in [0, 0.1) is 17.3 Å². The number of hydrogen-bond acceptors (Lipinski definition) is 2. The fourth-order valence-corrected chi connectivity index (χ4v) is 3.88. The van der Waals surface area contributed by atoms with E-state index in [0.29, 0.717) is 23.5 Å². The molecule has 0 aromatic carbocycles. The summed E-state index contributed by atoms with van der Waals surface area (Å²) in [5, 5.41) is 7.41. The van der Waals surface area contributed by atoms with Gasteiger partial charge in [0, 0.05) is 18.1 Å². The van der Waals surface area contributed by atoms with Crippen LogP contribution in [-0.4, -0.2) is 24.7 Å². The molecule has 0 aliphatic heterocycles. The molecule has 0 aromatic heterocycles. The number of nitrogens with one attached hydrogen (secondary N) is 2. The van der Waals surface area contributed by atoms with Crippen molar-refractivity contribution in [2.75, 3.05) is 6.54 Å². The first kappa shape index (κ1) is 17.0. The van der Waals surface area contributed by atoms with Crippen molar-refractivity contribution < 1.29 is 0 Å². The van der Waals surface area contributed by atoms with Crippen molar-refractivity contribution in [2.45, 2.75) is 85.9 Å². The Morgan fingerprint density at radius 3 is 2.21 bits per heavy atom. The Morgan fingerprint density at radius 2 is 1.68 bits per heavy atom. The van der Waals surface area contributed by atoms with Gasteiger partial charge in [-0.3, -0.25) is 0 Å². The van der Waals surface area contributed by atoms with E-state index < -0.39 is 0 Å². The zero-order valence-corrected chi connectivity index (χ0v) is 14.2. The molecule has 19 heavy (non-hydrogen) atoms. The third-order valence-electron chi connectivity index (χ3n) is 4.47. The van der Waals surface area contributed by atoms with Gasteiger partial charge in [0.15, 0.2) is 0 Å². The van der Waals surface area contributed by atoms with E-state index in [4.69, 9.17) is 0 Å². The molecule has 0 spiro atoms. The van der Waals surface area contributed by atoms with Gasteiger partial charge in [-0.25, -0.2) is 0 Å². The van der Waals surface area contributed by atoms with E-state index in [-0.39, 0.29) is 0 Å². The summed E-state index contributed by atoms with van der Waals surface area (Å²) in [6.45, 7) is 17.5. The maximum absolute atomic E-state index is 3.83. The van der Waals surface area contributed by atoms with Gasteiger partial charge < -0.3 is 10.6 Å². The monoisotopic (exact) mass is 268 g/mol. The van der Waals surface area contributed by atoms with Crippen molar-refractivity contribution in [3.8, 4) is 0 Å². The van der Waals surface area contributed by atoms with Gasteiger partial charge in [-0.15, -0.1) is 0 Å². The van der Waals surface area contributed by atoms with Gasteiger partial charge in [-0.2, -0.15) is 0 Å². The Kier molecular flexibility index (Phi) is 6.32. The predicted molar refractivity (Wildman–Crippen MR) is 85.5 cm³/mol. The first-order chi connectivity index (χ1) is 8.71. The van der Waals surface area contributed by atoms with Gasteiger partial charge in [0.25, 0.3) is 0 Å². The third kappa shape index (κ3) is 5.83. The summed E-state index contributed by atoms with van der Waals surface area (Å²) in [6.07, 6.45) is 4.00. The maximum Gasteiger partial charge on any atom is 0.0106 e. The van der Waals surface area contributed by atoms with Crippen LogP contribution in [0.2, 0.25) is 0 Å². The van der Waals surface area contributed by atoms with Crippen LogP contribution in [0.4, 0.5) is 0 Å². The van der Waals surface area contributed by atoms with Crippen molar-refractivity contribution in [1.82, 2.24) is 10.6 Å². The number of hydrogen-bond donors (Lipinski definition) is 2. The van der Waals surface area contributed by atoms with Gasteiger partial charge in [0.05, 0.1) is 0 Å². The second-order valence-corrected chi connectivity index (χ2v) is 8.04. The molecule has 1 aliphatic carbocycles. The topological polar surface area (TPSA) is 24.1 Å². The molecule has 0 heterocycles. The van der Waals surface area contributed by atoms with Crippen molar-refractivity contribution in [3.05, 3.63) is 0 Å². The molecule has 1 fully saturated rings. The summed E-state index contributed by atoms with van der Waals surface area (Å²) >= 11 is 0. The summed E-state index contributed by atoms with van der Waals surface area (Å²) in [5.74, 6) is 1.65. The van der Waals surface area contributed by atoms with E-state index in [0.717, 1.165) is 18.4 Å². The Hall–Kier alpha value is -0.0800. The molecule has 3 unspecified atom stereocenters. The SMILES string of the molecule is CC(C)NCCC1C(C)CC(C)(C)CC1NC(C)C. The van der Waals surface area contributed by atoms with Gasteiger partial charge in [-0.1, -0.05) is 48.5 Å². The first-order valence-electron chi connectivity index (χ1n) is 8.20. The molecule has 0 bridgehead atoms. The van der Waals surface area contributed by atoms with Crippen LogP contribution in [0.5, 0.6) is 0 Å². The van der Waals surface area contributed by atoms with E-state index in [1.165, 1.54) is 19.3 Å². The van der Waals surface area contributed by atoms with Crippen LogP contribution in [0.25, 0.3) is 0 Å². The van der Waals surface area contributed by atoms with Crippen LogP contribution in [0.1, 0.15) is 67.7 Å². The summed E-state index contributed by atoms with van der Waals surface area (Å²) in [4.78, 5) is 0. The fraction of sp³-hybridized carbons (Fsp3) is 1.00. The van der Waals surface area contributed by atoms with Gasteiger partial charge in [-0.05, 0) is 43.1 Å². The van der Waals surface area contributed by atoms with Gasteiger partial charge >= 0.3 is 0 Å². The molecular formula is C17H36N2. The summed E-state index contributed by atoms with van der Waals surface area (Å²) < 4.78 is 0. The van der Waals surface area contributed by atoms with Gasteiger partial charge in [0.2, 0.25) is 0 Å². The lowest BCUT2D eigenvalue weighted by Gasteiger charge is -2.46. The zero-order valence-electron chi connectivity index (χ0n) is 14.2. The van der Waals surface area contributed by atoms with E-state index in [2.05, 4.69) is 59.1 Å². The molecule has 1 aliphatic rings. The molecule has 3 atom stereocenters. The van der Waals surface area contributed by atoms with E-state index in [1.54, 1.807) is 0 Å². The first-order valence-corrected chi connectivity index (χ1v) is 8.20. The summed E-state index contributed by atoms with van der Waals surface area (Å²) in [7, 11) is 0. The zero-order chi connectivity index (χ0) is 14.6. The molecule has 2 heteroatoms. The largest absolute Gasteiger partial charge is 0.315 e. The molecule has 2 N–H and O–H groups in total. The molecule has 0 aromatic rings. The van der Waals surface area contributed by atoms with E-state index >= 15 is 0 Å². The minimum Gasteiger partial charge on any atom is -0.315 e. The standard InChI is InChI=1S/C17H36N2/c1-12(2)18-9-8-15-14(5)10-17(6,7)11-16(15)19-13(3)4/h12-16,18-19H,8-11H2,1-7H3. The van der Waals surface area contributed by atoms with Gasteiger partial charge in [0.1, 0.15) is 0 Å². The predicted octanol–water partition coefficient (Wildman–Crippen LogP) is 3.81. The average molecular weight is 268 g/mol. The second-order valence-electron chi connectivity index (χ2n) is 8.04. The Balaban J connectivity index is 2.61. The van der Waals surface area contributed by atoms with E-state index in [9.17, 15) is 0 Å². The fourth-order valence-electron chi connectivity index (χ4n) is 3.88. The van der Waals surface area contributed by atoms with Crippen LogP contribution in [-0.2, 0) is 0 Å².